The van der Waals surface area contributed by atoms with Crippen molar-refractivity contribution in [3.8, 4) is 16.9 Å². The molecule has 1 heterocycles. The molecule has 0 radical (unpaired) electrons. The summed E-state index contributed by atoms with van der Waals surface area (Å²) in [5, 5.41) is 13.0. The quantitative estimate of drug-likeness (QED) is 0.426. The van der Waals surface area contributed by atoms with Crippen LogP contribution in [0.1, 0.15) is 10.4 Å². The lowest BCUT2D eigenvalue weighted by atomic mass is 10.0. The Hall–Kier alpha value is -3.25. The van der Waals surface area contributed by atoms with Gasteiger partial charge in [0.1, 0.15) is 12.4 Å². The highest BCUT2D eigenvalue weighted by atomic mass is 35.5. The van der Waals surface area contributed by atoms with E-state index in [1.165, 1.54) is 12.3 Å². The molecule has 0 fully saturated rings. The average molecular weight is 385 g/mol. The monoisotopic (exact) mass is 384 g/mol. The lowest BCUT2D eigenvalue weighted by Crippen LogP contribution is -2.26. The average Bonchev–Trinajstić information content (AvgIpc) is 3.07. The van der Waals surface area contributed by atoms with Crippen LogP contribution < -0.4 is 10.1 Å². The summed E-state index contributed by atoms with van der Waals surface area (Å²) in [7, 11) is 0. The van der Waals surface area contributed by atoms with E-state index in [1.54, 1.807) is 24.3 Å². The van der Waals surface area contributed by atoms with E-state index in [4.69, 9.17) is 16.3 Å². The molecule has 0 unspecified atom stereocenters. The van der Waals surface area contributed by atoms with Crippen LogP contribution in [0.4, 0.5) is 0 Å². The van der Waals surface area contributed by atoms with Crippen molar-refractivity contribution in [2.75, 3.05) is 13.2 Å². The number of carbonyl (C=O) groups excluding carboxylic acids is 1. The molecule has 138 valence electrons. The summed E-state index contributed by atoms with van der Waals surface area (Å²) in [6, 6.07) is 10.8. The number of halogens is 1. The lowest BCUT2D eigenvalue weighted by molar-refractivity contribution is -0.116. The zero-order valence-electron chi connectivity index (χ0n) is 14.3. The molecular weight excluding hydrogens is 368 g/mol. The summed E-state index contributed by atoms with van der Waals surface area (Å²) in [5.74, 6) is -0.594. The Kier molecular flexibility index (Phi) is 5.47. The molecule has 2 aromatic carbocycles. The largest absolute Gasteiger partial charge is 0.492 e. The highest BCUT2D eigenvalue weighted by molar-refractivity contribution is 6.34. The molecule has 0 aliphatic rings. The molecule has 3 rings (SSSR count). The normalized spacial score (nSPS) is 10.6. The summed E-state index contributed by atoms with van der Waals surface area (Å²) >= 11 is 6.37. The number of aromatic carboxylic acids is 1. The van der Waals surface area contributed by atoms with Gasteiger partial charge in [-0.15, -0.1) is 0 Å². The van der Waals surface area contributed by atoms with Crippen molar-refractivity contribution in [1.29, 1.82) is 0 Å². The Balaban J connectivity index is 1.77. The molecule has 3 aromatic rings. The topological polar surface area (TPSA) is 91.4 Å². The van der Waals surface area contributed by atoms with E-state index < -0.39 is 5.97 Å². The number of fused-ring (bicyclic) bond motifs is 1. The molecule has 6 nitrogen and oxygen atoms in total. The first kappa shape index (κ1) is 18.5. The van der Waals surface area contributed by atoms with Crippen LogP contribution in [0.25, 0.3) is 22.0 Å². The standard InChI is InChI=1S/C20H17ClN2O4/c1-2-19(24)22-7-8-27-13-5-3-12(4-6-13)14-9-15-16(20(25)26)11-23-18(15)10-17(14)21/h2-6,9-11,23H,1,7-8H2,(H,22,24)(H,25,26). The van der Waals surface area contributed by atoms with Crippen LogP contribution in [0.2, 0.25) is 5.02 Å². The highest BCUT2D eigenvalue weighted by Gasteiger charge is 2.14. The van der Waals surface area contributed by atoms with E-state index in [0.29, 0.717) is 34.8 Å². The predicted octanol–water partition coefficient (Wildman–Crippen LogP) is 3.87. The molecule has 3 N–H and O–H groups in total. The molecule has 0 saturated carbocycles. The van der Waals surface area contributed by atoms with Crippen molar-refractivity contribution in [3.63, 3.8) is 0 Å². The van der Waals surface area contributed by atoms with Gasteiger partial charge in [0.25, 0.3) is 0 Å². The van der Waals surface area contributed by atoms with Crippen molar-refractivity contribution in [3.05, 3.63) is 65.8 Å². The van der Waals surface area contributed by atoms with Crippen LogP contribution in [0, 0.1) is 0 Å². The van der Waals surface area contributed by atoms with Crippen molar-refractivity contribution in [1.82, 2.24) is 10.3 Å². The summed E-state index contributed by atoms with van der Waals surface area (Å²) < 4.78 is 5.57. The number of carboxylic acid groups (broad SMARTS) is 1. The number of rotatable bonds is 7. The van der Waals surface area contributed by atoms with Crippen LogP contribution in [-0.2, 0) is 4.79 Å². The molecule has 0 bridgehead atoms. The van der Waals surface area contributed by atoms with Gasteiger partial charge in [0, 0.05) is 22.7 Å². The Morgan fingerprint density at radius 1 is 1.26 bits per heavy atom. The van der Waals surface area contributed by atoms with E-state index in [-0.39, 0.29) is 11.5 Å². The Bertz CT molecular complexity index is 1010. The maximum absolute atomic E-state index is 11.3. The number of benzene rings is 2. The predicted molar refractivity (Wildman–Crippen MR) is 104 cm³/mol. The lowest BCUT2D eigenvalue weighted by Gasteiger charge is -2.09. The van der Waals surface area contributed by atoms with Gasteiger partial charge in [-0.2, -0.15) is 0 Å². The van der Waals surface area contributed by atoms with E-state index in [2.05, 4.69) is 16.9 Å². The first-order valence-corrected chi connectivity index (χ1v) is 8.55. The van der Waals surface area contributed by atoms with Crippen LogP contribution in [0.3, 0.4) is 0 Å². The molecule has 0 spiro atoms. The molecule has 0 atom stereocenters. The molecule has 0 aliphatic carbocycles. The molecule has 7 heteroatoms. The molecule has 27 heavy (non-hydrogen) atoms. The van der Waals surface area contributed by atoms with E-state index in [0.717, 1.165) is 11.1 Å². The summed E-state index contributed by atoms with van der Waals surface area (Å²) in [4.78, 5) is 25.3. The molecule has 0 saturated heterocycles. The number of hydrogen-bond acceptors (Lipinski definition) is 3. The van der Waals surface area contributed by atoms with E-state index in [9.17, 15) is 14.7 Å². The molecule has 1 amide bonds. The zero-order valence-corrected chi connectivity index (χ0v) is 15.0. The molecule has 0 aliphatic heterocycles. The van der Waals surface area contributed by atoms with Gasteiger partial charge in [-0.05, 0) is 35.9 Å². The minimum absolute atomic E-state index is 0.199. The third-order valence-electron chi connectivity index (χ3n) is 4.02. The van der Waals surface area contributed by atoms with Gasteiger partial charge >= 0.3 is 5.97 Å². The van der Waals surface area contributed by atoms with Gasteiger partial charge < -0.3 is 20.1 Å². The number of amides is 1. The zero-order chi connectivity index (χ0) is 19.4. The van der Waals surface area contributed by atoms with Crippen molar-refractivity contribution < 1.29 is 19.4 Å². The number of hydrogen-bond donors (Lipinski definition) is 3. The molecular formula is C20H17ClN2O4. The van der Waals surface area contributed by atoms with Crippen molar-refractivity contribution in [2.24, 2.45) is 0 Å². The van der Waals surface area contributed by atoms with Gasteiger partial charge in [-0.3, -0.25) is 4.79 Å². The second-order valence-corrected chi connectivity index (χ2v) is 6.16. The Morgan fingerprint density at radius 2 is 2.00 bits per heavy atom. The van der Waals surface area contributed by atoms with Crippen molar-refractivity contribution in [2.45, 2.75) is 0 Å². The first-order valence-electron chi connectivity index (χ1n) is 8.17. The second-order valence-electron chi connectivity index (χ2n) is 5.75. The van der Waals surface area contributed by atoms with Gasteiger partial charge in [0.05, 0.1) is 17.1 Å². The van der Waals surface area contributed by atoms with Gasteiger partial charge in [-0.1, -0.05) is 30.3 Å². The number of H-pyrrole nitrogens is 1. The van der Waals surface area contributed by atoms with Gasteiger partial charge in [0.2, 0.25) is 5.91 Å². The number of aromatic nitrogens is 1. The number of carboxylic acids is 1. The van der Waals surface area contributed by atoms with Crippen LogP contribution in [-0.4, -0.2) is 35.1 Å². The van der Waals surface area contributed by atoms with Crippen molar-refractivity contribution >= 4 is 34.4 Å². The fourth-order valence-electron chi connectivity index (χ4n) is 2.69. The minimum Gasteiger partial charge on any atom is -0.492 e. The summed E-state index contributed by atoms with van der Waals surface area (Å²) in [5.41, 5.74) is 2.44. The number of ether oxygens (including phenoxy) is 1. The maximum Gasteiger partial charge on any atom is 0.337 e. The summed E-state index contributed by atoms with van der Waals surface area (Å²) in [6.07, 6.45) is 2.66. The van der Waals surface area contributed by atoms with Gasteiger partial charge in [0.15, 0.2) is 0 Å². The van der Waals surface area contributed by atoms with Crippen LogP contribution >= 0.6 is 11.6 Å². The van der Waals surface area contributed by atoms with Crippen LogP contribution in [0.5, 0.6) is 5.75 Å². The highest BCUT2D eigenvalue weighted by Crippen LogP contribution is 2.34. The third kappa shape index (κ3) is 4.12. The smallest absolute Gasteiger partial charge is 0.337 e. The Labute approximate surface area is 160 Å². The second kappa shape index (κ2) is 7.97. The number of nitrogens with one attached hydrogen (secondary N) is 2. The molecule has 1 aromatic heterocycles. The maximum atomic E-state index is 11.3. The fourth-order valence-corrected chi connectivity index (χ4v) is 2.96. The van der Waals surface area contributed by atoms with E-state index in [1.807, 2.05) is 12.1 Å². The number of aromatic amines is 1. The van der Waals surface area contributed by atoms with Gasteiger partial charge in [-0.25, -0.2) is 4.79 Å². The fraction of sp³-hybridized carbons (Fsp3) is 0.100. The Morgan fingerprint density at radius 3 is 2.67 bits per heavy atom. The first-order chi connectivity index (χ1) is 13.0. The third-order valence-corrected chi connectivity index (χ3v) is 4.33. The minimum atomic E-state index is -0.998. The summed E-state index contributed by atoms with van der Waals surface area (Å²) in [6.45, 7) is 4.08. The number of carbonyl (C=O) groups is 2. The van der Waals surface area contributed by atoms with Crippen LogP contribution in [0.15, 0.2) is 55.3 Å². The van der Waals surface area contributed by atoms with E-state index >= 15 is 0 Å². The SMILES string of the molecule is C=CC(=O)NCCOc1ccc(-c2cc3c(C(=O)O)c[nH]c3cc2Cl)cc1.